The molecule has 0 bridgehead atoms. The van der Waals surface area contributed by atoms with E-state index in [1.165, 1.54) is 16.7 Å². The van der Waals surface area contributed by atoms with Crippen molar-refractivity contribution in [3.8, 4) is 0 Å². The van der Waals surface area contributed by atoms with Gasteiger partial charge < -0.3 is 4.90 Å². The van der Waals surface area contributed by atoms with Gasteiger partial charge in [-0.1, -0.05) is 108 Å². The summed E-state index contributed by atoms with van der Waals surface area (Å²) in [5.41, 5.74) is 9.01. The minimum atomic E-state index is 0.896. The largest absolute Gasteiger partial charge is 0.346 e. The molecular formula is C32H48N2. The Balaban J connectivity index is 0.00000258. The predicted molar refractivity (Wildman–Crippen MR) is 154 cm³/mol. The van der Waals surface area contributed by atoms with Gasteiger partial charge in [-0.15, -0.1) is 0 Å². The second-order valence-electron chi connectivity index (χ2n) is 7.95. The van der Waals surface area contributed by atoms with Crippen LogP contribution in [0.5, 0.6) is 0 Å². The van der Waals surface area contributed by atoms with E-state index in [9.17, 15) is 0 Å². The third-order valence-electron chi connectivity index (χ3n) is 5.30. The van der Waals surface area contributed by atoms with Gasteiger partial charge in [-0.25, -0.2) is 0 Å². The zero-order valence-corrected chi connectivity index (χ0v) is 23.3. The molecule has 34 heavy (non-hydrogen) atoms. The molecule has 2 heteroatoms. The van der Waals surface area contributed by atoms with E-state index in [1.807, 2.05) is 34.6 Å². The highest BCUT2D eigenvalue weighted by Gasteiger charge is 2.15. The fourth-order valence-corrected chi connectivity index (χ4v) is 3.64. The van der Waals surface area contributed by atoms with Crippen LogP contribution in [0, 0.1) is 6.92 Å². The van der Waals surface area contributed by atoms with Crippen molar-refractivity contribution in [3.63, 3.8) is 0 Å². The Bertz CT molecular complexity index is 932. The van der Waals surface area contributed by atoms with Gasteiger partial charge in [-0.2, -0.15) is 0 Å². The molecule has 0 atom stereocenters. The van der Waals surface area contributed by atoms with Crippen molar-refractivity contribution < 1.29 is 0 Å². The molecule has 2 aromatic rings. The highest BCUT2D eigenvalue weighted by molar-refractivity contribution is 5.99. The number of hydrogen-bond donors (Lipinski definition) is 0. The maximum absolute atomic E-state index is 5.00. The Labute approximate surface area is 210 Å². The van der Waals surface area contributed by atoms with E-state index in [0.717, 1.165) is 54.2 Å². The average Bonchev–Trinajstić information content (AvgIpc) is 2.85. The maximum Gasteiger partial charge on any atom is 0.0448 e. The summed E-state index contributed by atoms with van der Waals surface area (Å²) >= 11 is 0. The number of rotatable bonds is 10. The van der Waals surface area contributed by atoms with Gasteiger partial charge in [0.1, 0.15) is 0 Å². The summed E-state index contributed by atoms with van der Waals surface area (Å²) in [6, 6.07) is 19.1. The van der Waals surface area contributed by atoms with E-state index in [1.54, 1.807) is 0 Å². The number of hydrogen-bond acceptors (Lipinski definition) is 2. The molecule has 2 rings (SSSR count). The molecule has 2 aromatic carbocycles. The highest BCUT2D eigenvalue weighted by Crippen LogP contribution is 2.27. The average molecular weight is 461 g/mol. The zero-order chi connectivity index (χ0) is 26.1. The van der Waals surface area contributed by atoms with Gasteiger partial charge in [0, 0.05) is 29.3 Å². The third kappa shape index (κ3) is 10.4. The SMILES string of the molecule is C=C(C)N(CCC)C(=C)/C(CCc1ccccc1)=C(\C)N=C(C)c1cccc(C)c1.CC.CC. The molecule has 0 N–H and O–H groups in total. The molecule has 186 valence electrons. The van der Waals surface area contributed by atoms with Crippen LogP contribution >= 0.6 is 0 Å². The fourth-order valence-electron chi connectivity index (χ4n) is 3.64. The lowest BCUT2D eigenvalue weighted by atomic mass is 9.99. The number of allylic oxidation sites excluding steroid dienone is 3. The minimum absolute atomic E-state index is 0.896. The van der Waals surface area contributed by atoms with Crippen LogP contribution in [0.1, 0.15) is 84.9 Å². The van der Waals surface area contributed by atoms with Gasteiger partial charge in [0.2, 0.25) is 0 Å². The molecule has 0 heterocycles. The van der Waals surface area contributed by atoms with Crippen LogP contribution in [0.2, 0.25) is 0 Å². The molecule has 0 unspecified atom stereocenters. The molecule has 0 amide bonds. The van der Waals surface area contributed by atoms with E-state index < -0.39 is 0 Å². The molecule has 2 nitrogen and oxygen atoms in total. The lowest BCUT2D eigenvalue weighted by molar-refractivity contribution is 0.432. The number of nitrogens with zero attached hydrogens (tertiary/aromatic N) is 2. The van der Waals surface area contributed by atoms with Gasteiger partial charge in [0.15, 0.2) is 0 Å². The van der Waals surface area contributed by atoms with Crippen molar-refractivity contribution in [1.29, 1.82) is 0 Å². The summed E-state index contributed by atoms with van der Waals surface area (Å²) in [7, 11) is 0. The summed E-state index contributed by atoms with van der Waals surface area (Å²) in [6.07, 6.45) is 2.90. The summed E-state index contributed by atoms with van der Waals surface area (Å²) in [5.74, 6) is 0. The van der Waals surface area contributed by atoms with Gasteiger partial charge in [-0.3, -0.25) is 4.99 Å². The standard InChI is InChI=1S/C28H36N2.2C2H6/c1-8-19-30(21(2)3)25(7)28(18-17-26-14-10-9-11-15-26)24(6)29-23(5)27-16-12-13-22(4)20-27;2*1-2/h9-16,20H,2,7-8,17-19H2,1,3-6H3;2*1-2H3/b28-24+,29-23?;;. The van der Waals surface area contributed by atoms with Crippen LogP contribution in [-0.4, -0.2) is 17.2 Å². The molecule has 0 aromatic heterocycles. The first-order valence-corrected chi connectivity index (χ1v) is 12.8. The van der Waals surface area contributed by atoms with E-state index in [-0.39, 0.29) is 0 Å². The lowest BCUT2D eigenvalue weighted by Gasteiger charge is -2.29. The van der Waals surface area contributed by atoms with Crippen LogP contribution in [0.3, 0.4) is 0 Å². The van der Waals surface area contributed by atoms with Crippen molar-refractivity contribution >= 4 is 5.71 Å². The molecule has 0 saturated carbocycles. The number of aliphatic imine (C=N–C) groups is 1. The molecule has 0 fully saturated rings. The first-order chi connectivity index (χ1) is 16.3. The van der Waals surface area contributed by atoms with Crippen LogP contribution in [0.15, 0.2) is 95.4 Å². The number of benzene rings is 2. The summed E-state index contributed by atoms with van der Waals surface area (Å²) in [5, 5.41) is 0. The molecule has 0 aliphatic carbocycles. The van der Waals surface area contributed by atoms with Crippen LogP contribution < -0.4 is 0 Å². The monoisotopic (exact) mass is 460 g/mol. The lowest BCUT2D eigenvalue weighted by Crippen LogP contribution is -2.23. The van der Waals surface area contributed by atoms with Crippen LogP contribution in [0.25, 0.3) is 0 Å². The van der Waals surface area contributed by atoms with Crippen molar-refractivity contribution in [1.82, 2.24) is 4.90 Å². The Morgan fingerprint density at radius 3 is 2.03 bits per heavy atom. The molecule has 0 spiro atoms. The molecule has 0 aliphatic heterocycles. The minimum Gasteiger partial charge on any atom is -0.346 e. The molecule has 0 aliphatic rings. The summed E-state index contributed by atoms with van der Waals surface area (Å²) in [6.45, 7) is 28.1. The fraction of sp³-hybridized carbons (Fsp3) is 0.406. The number of aryl methyl sites for hydroxylation is 2. The normalized spacial score (nSPS) is 11.3. The Hall–Kier alpha value is -2.87. The van der Waals surface area contributed by atoms with E-state index in [4.69, 9.17) is 4.99 Å². The van der Waals surface area contributed by atoms with E-state index in [2.05, 4.69) is 100 Å². The first-order valence-electron chi connectivity index (χ1n) is 12.8. The van der Waals surface area contributed by atoms with Gasteiger partial charge >= 0.3 is 0 Å². The third-order valence-corrected chi connectivity index (χ3v) is 5.30. The molecular weight excluding hydrogens is 412 g/mol. The van der Waals surface area contributed by atoms with Gasteiger partial charge in [-0.05, 0) is 63.7 Å². The predicted octanol–water partition coefficient (Wildman–Crippen LogP) is 9.52. The van der Waals surface area contributed by atoms with E-state index >= 15 is 0 Å². The van der Waals surface area contributed by atoms with Crippen molar-refractivity contribution in [2.45, 2.75) is 81.6 Å². The second-order valence-corrected chi connectivity index (χ2v) is 7.95. The first kappa shape index (κ1) is 31.1. The van der Waals surface area contributed by atoms with Gasteiger partial charge in [0.05, 0.1) is 0 Å². The molecule has 0 saturated heterocycles. The molecule has 0 radical (unpaired) electrons. The summed E-state index contributed by atoms with van der Waals surface area (Å²) in [4.78, 5) is 7.23. The maximum atomic E-state index is 5.00. The van der Waals surface area contributed by atoms with Crippen LogP contribution in [0.4, 0.5) is 0 Å². The second kappa shape index (κ2) is 17.6. The Morgan fingerprint density at radius 1 is 0.882 bits per heavy atom. The van der Waals surface area contributed by atoms with Gasteiger partial charge in [0.25, 0.3) is 0 Å². The van der Waals surface area contributed by atoms with Crippen LogP contribution in [-0.2, 0) is 6.42 Å². The Kier molecular flexibility index (Phi) is 16.1. The smallest absolute Gasteiger partial charge is 0.0448 e. The van der Waals surface area contributed by atoms with Crippen molar-refractivity contribution in [2.75, 3.05) is 6.54 Å². The quantitative estimate of drug-likeness (QED) is 0.254. The van der Waals surface area contributed by atoms with Crippen molar-refractivity contribution in [2.24, 2.45) is 4.99 Å². The Morgan fingerprint density at radius 2 is 1.50 bits per heavy atom. The topological polar surface area (TPSA) is 15.6 Å². The zero-order valence-electron chi connectivity index (χ0n) is 23.3. The van der Waals surface area contributed by atoms with Crippen molar-refractivity contribution in [3.05, 3.63) is 107 Å². The summed E-state index contributed by atoms with van der Waals surface area (Å²) < 4.78 is 0. The highest BCUT2D eigenvalue weighted by atomic mass is 15.1. The van der Waals surface area contributed by atoms with E-state index in [0.29, 0.717) is 0 Å².